The van der Waals surface area contributed by atoms with Gasteiger partial charge in [0.2, 0.25) is 6.79 Å². The van der Waals surface area contributed by atoms with E-state index in [1.54, 1.807) is 6.20 Å². The number of benzene rings is 2. The van der Waals surface area contributed by atoms with Gasteiger partial charge in [0.05, 0.1) is 0 Å². The third-order valence-corrected chi connectivity index (χ3v) is 5.27. The fourth-order valence-electron chi connectivity index (χ4n) is 3.65. The molecule has 3 aromatic heterocycles. The first-order valence-electron chi connectivity index (χ1n) is 9.07. The average Bonchev–Trinajstić information content (AvgIpc) is 3.40. The van der Waals surface area contributed by atoms with Gasteiger partial charge in [0.1, 0.15) is 5.65 Å². The first-order valence-corrected chi connectivity index (χ1v) is 9.44. The maximum atomic E-state index is 6.08. The molecule has 0 amide bonds. The largest absolute Gasteiger partial charge is 0.454 e. The summed E-state index contributed by atoms with van der Waals surface area (Å²) in [6.45, 7) is 0.227. The first-order chi connectivity index (χ1) is 14.3. The van der Waals surface area contributed by atoms with Crippen molar-refractivity contribution < 1.29 is 9.47 Å². The van der Waals surface area contributed by atoms with Crippen molar-refractivity contribution in [3.05, 3.63) is 71.9 Å². The molecule has 7 heteroatoms. The molecule has 0 aliphatic carbocycles. The number of rotatable bonds is 2. The number of halogens is 1. The zero-order chi connectivity index (χ0) is 19.4. The van der Waals surface area contributed by atoms with Crippen LogP contribution in [-0.4, -0.2) is 26.4 Å². The van der Waals surface area contributed by atoms with Gasteiger partial charge in [-0.3, -0.25) is 4.40 Å². The number of ether oxygens (including phenoxy) is 2. The lowest BCUT2D eigenvalue weighted by Crippen LogP contribution is -1.97. The van der Waals surface area contributed by atoms with Gasteiger partial charge in [-0.25, -0.2) is 4.98 Å². The summed E-state index contributed by atoms with van der Waals surface area (Å²) in [4.78, 5) is 4.60. The molecule has 0 atom stereocenters. The Hall–Kier alpha value is -3.64. The van der Waals surface area contributed by atoms with Crippen LogP contribution in [0.3, 0.4) is 0 Å². The molecule has 0 saturated heterocycles. The Morgan fingerprint density at radius 1 is 0.828 bits per heavy atom. The number of pyridine rings is 2. The summed E-state index contributed by atoms with van der Waals surface area (Å²) < 4.78 is 12.9. The second kappa shape index (κ2) is 6.18. The van der Waals surface area contributed by atoms with E-state index in [2.05, 4.69) is 21.2 Å². The second-order valence-electron chi connectivity index (χ2n) is 6.73. The summed E-state index contributed by atoms with van der Waals surface area (Å²) in [6.07, 6.45) is 1.77. The van der Waals surface area contributed by atoms with E-state index in [1.165, 1.54) is 0 Å². The lowest BCUT2D eigenvalue weighted by molar-refractivity contribution is 0.174. The summed E-state index contributed by atoms with van der Waals surface area (Å²) in [5.41, 5.74) is 4.36. The lowest BCUT2D eigenvalue weighted by atomic mass is 10.1. The third kappa shape index (κ3) is 2.53. The molecule has 0 fully saturated rings. The lowest BCUT2D eigenvalue weighted by Gasteiger charge is -2.09. The highest BCUT2D eigenvalue weighted by Crippen LogP contribution is 2.37. The molecule has 6 rings (SSSR count). The summed E-state index contributed by atoms with van der Waals surface area (Å²) in [5.74, 6) is 2.12. The van der Waals surface area contributed by atoms with Gasteiger partial charge in [0.15, 0.2) is 23.0 Å². The number of hydrogen-bond donors (Lipinski definition) is 0. The Labute approximate surface area is 170 Å². The first kappa shape index (κ1) is 16.3. The van der Waals surface area contributed by atoms with E-state index >= 15 is 0 Å². The van der Waals surface area contributed by atoms with Crippen molar-refractivity contribution in [1.29, 1.82) is 0 Å². The van der Waals surface area contributed by atoms with Gasteiger partial charge in [-0.15, -0.1) is 10.2 Å². The van der Waals surface area contributed by atoms with E-state index in [9.17, 15) is 0 Å². The van der Waals surface area contributed by atoms with E-state index in [4.69, 9.17) is 21.1 Å². The third-order valence-electron chi connectivity index (χ3n) is 5.02. The van der Waals surface area contributed by atoms with Crippen LogP contribution in [0.25, 0.3) is 39.2 Å². The fourth-order valence-corrected chi connectivity index (χ4v) is 3.78. The van der Waals surface area contributed by atoms with Crippen molar-refractivity contribution in [2.75, 3.05) is 6.79 Å². The predicted molar refractivity (Wildman–Crippen MR) is 110 cm³/mol. The summed E-state index contributed by atoms with van der Waals surface area (Å²) in [5, 5.41) is 10.7. The molecule has 1 aliphatic rings. The molecule has 0 radical (unpaired) electrons. The topological polar surface area (TPSA) is 61.5 Å². The SMILES string of the molecule is Clc1ccc(-c2cc3cccnc3n3c(-c4ccc5c(c4)OCO5)nnc23)cc1. The molecular weight excluding hydrogens is 388 g/mol. The van der Waals surface area contributed by atoms with Crippen LogP contribution in [-0.2, 0) is 0 Å². The molecule has 140 valence electrons. The van der Waals surface area contributed by atoms with Gasteiger partial charge in [-0.2, -0.15) is 0 Å². The van der Waals surface area contributed by atoms with Crippen molar-refractivity contribution >= 4 is 28.3 Å². The summed E-state index contributed by atoms with van der Waals surface area (Å²) >= 11 is 6.08. The Balaban J connectivity index is 1.67. The van der Waals surface area contributed by atoms with E-state index < -0.39 is 0 Å². The molecule has 0 bridgehead atoms. The van der Waals surface area contributed by atoms with Crippen LogP contribution in [0.2, 0.25) is 5.02 Å². The number of aromatic nitrogens is 4. The van der Waals surface area contributed by atoms with Gasteiger partial charge in [-0.05, 0) is 54.1 Å². The van der Waals surface area contributed by atoms with E-state index in [0.29, 0.717) is 16.6 Å². The minimum absolute atomic E-state index is 0.227. The van der Waals surface area contributed by atoms with Gasteiger partial charge in [0, 0.05) is 27.7 Å². The van der Waals surface area contributed by atoms with E-state index in [1.807, 2.05) is 59.0 Å². The molecule has 1 aliphatic heterocycles. The molecule has 2 aromatic carbocycles. The van der Waals surface area contributed by atoms with Crippen LogP contribution in [0.4, 0.5) is 0 Å². The normalized spacial score (nSPS) is 12.7. The van der Waals surface area contributed by atoms with Gasteiger partial charge in [-0.1, -0.05) is 23.7 Å². The van der Waals surface area contributed by atoms with E-state index in [0.717, 1.165) is 39.1 Å². The molecule has 0 unspecified atom stereocenters. The monoisotopic (exact) mass is 400 g/mol. The molecular formula is C22H13ClN4O2. The smallest absolute Gasteiger partial charge is 0.231 e. The van der Waals surface area contributed by atoms with Crippen molar-refractivity contribution in [3.8, 4) is 34.0 Å². The number of fused-ring (bicyclic) bond motifs is 4. The highest BCUT2D eigenvalue weighted by Gasteiger charge is 2.20. The number of hydrogen-bond acceptors (Lipinski definition) is 5. The zero-order valence-corrected chi connectivity index (χ0v) is 15.8. The second-order valence-corrected chi connectivity index (χ2v) is 7.17. The quantitative estimate of drug-likeness (QED) is 0.417. The summed E-state index contributed by atoms with van der Waals surface area (Å²) in [6, 6.07) is 19.5. The Kier molecular flexibility index (Phi) is 3.48. The van der Waals surface area contributed by atoms with Crippen LogP contribution < -0.4 is 9.47 Å². The van der Waals surface area contributed by atoms with Crippen LogP contribution in [0.5, 0.6) is 11.5 Å². The van der Waals surface area contributed by atoms with Crippen molar-refractivity contribution in [2.45, 2.75) is 0 Å². The van der Waals surface area contributed by atoms with E-state index in [-0.39, 0.29) is 6.79 Å². The molecule has 5 aromatic rings. The van der Waals surface area contributed by atoms with Crippen LogP contribution >= 0.6 is 11.6 Å². The molecule has 4 heterocycles. The van der Waals surface area contributed by atoms with Gasteiger partial charge < -0.3 is 9.47 Å². The molecule has 6 nitrogen and oxygen atoms in total. The highest BCUT2D eigenvalue weighted by atomic mass is 35.5. The van der Waals surface area contributed by atoms with Crippen LogP contribution in [0, 0.1) is 0 Å². The maximum absolute atomic E-state index is 6.08. The molecule has 29 heavy (non-hydrogen) atoms. The predicted octanol–water partition coefficient (Wildman–Crippen LogP) is 4.99. The highest BCUT2D eigenvalue weighted by molar-refractivity contribution is 6.30. The van der Waals surface area contributed by atoms with Gasteiger partial charge in [0.25, 0.3) is 0 Å². The maximum Gasteiger partial charge on any atom is 0.231 e. The van der Waals surface area contributed by atoms with Crippen molar-refractivity contribution in [2.24, 2.45) is 0 Å². The Bertz CT molecular complexity index is 1400. The standard InChI is InChI=1S/C22H13ClN4O2/c23-16-6-3-13(4-7-16)17-10-14-2-1-9-24-20(14)27-21(25-26-22(17)27)15-5-8-18-19(11-15)29-12-28-18/h1-11H,12H2. The van der Waals surface area contributed by atoms with Crippen molar-refractivity contribution in [3.63, 3.8) is 0 Å². The number of nitrogens with zero attached hydrogens (tertiary/aromatic N) is 4. The zero-order valence-electron chi connectivity index (χ0n) is 15.0. The molecule has 0 saturated carbocycles. The summed E-state index contributed by atoms with van der Waals surface area (Å²) in [7, 11) is 0. The Morgan fingerprint density at radius 3 is 2.55 bits per heavy atom. The molecule has 0 spiro atoms. The average molecular weight is 401 g/mol. The van der Waals surface area contributed by atoms with Crippen LogP contribution in [0.15, 0.2) is 66.9 Å². The minimum atomic E-state index is 0.227. The van der Waals surface area contributed by atoms with Crippen LogP contribution in [0.1, 0.15) is 0 Å². The van der Waals surface area contributed by atoms with Crippen molar-refractivity contribution in [1.82, 2.24) is 19.6 Å². The fraction of sp³-hybridized carbons (Fsp3) is 0.0455. The Morgan fingerprint density at radius 2 is 1.66 bits per heavy atom. The minimum Gasteiger partial charge on any atom is -0.454 e. The molecule has 0 N–H and O–H groups in total. The van der Waals surface area contributed by atoms with Gasteiger partial charge >= 0.3 is 0 Å².